The molecule has 0 atom stereocenters. The summed E-state index contributed by atoms with van der Waals surface area (Å²) >= 11 is 0. The summed E-state index contributed by atoms with van der Waals surface area (Å²) in [4.78, 5) is 24.5. The average molecular weight is 384 g/mol. The fraction of sp³-hybridized carbons (Fsp3) is 0. The molecule has 2 aromatic heterocycles. The van der Waals surface area contributed by atoms with Crippen LogP contribution in [0.2, 0.25) is 0 Å². The van der Waals surface area contributed by atoms with Gasteiger partial charge < -0.3 is 14.8 Å². The number of amides is 1. The van der Waals surface area contributed by atoms with Crippen molar-refractivity contribution in [1.29, 1.82) is 0 Å². The van der Waals surface area contributed by atoms with Crippen LogP contribution in [0.5, 0.6) is 23.3 Å². The lowest BCUT2D eigenvalue weighted by molar-refractivity contribution is 0.102. The molecule has 4 aromatic rings. The van der Waals surface area contributed by atoms with Crippen LogP contribution in [0.25, 0.3) is 0 Å². The predicted molar refractivity (Wildman–Crippen MR) is 107 cm³/mol. The first-order valence-corrected chi connectivity index (χ1v) is 8.80. The normalized spacial score (nSPS) is 10.2. The Morgan fingerprint density at radius 1 is 0.724 bits per heavy atom. The third-order valence-corrected chi connectivity index (χ3v) is 3.85. The lowest BCUT2D eigenvalue weighted by Gasteiger charge is -2.09. The van der Waals surface area contributed by atoms with Crippen LogP contribution >= 0.6 is 0 Å². The highest BCUT2D eigenvalue weighted by Crippen LogP contribution is 2.23. The number of hydrogen-bond acceptors (Lipinski definition) is 6. The van der Waals surface area contributed by atoms with Crippen molar-refractivity contribution in [2.75, 3.05) is 5.32 Å². The average Bonchev–Trinajstić information content (AvgIpc) is 2.77. The summed E-state index contributed by atoms with van der Waals surface area (Å²) in [7, 11) is 0. The Kier molecular flexibility index (Phi) is 5.39. The van der Waals surface area contributed by atoms with E-state index in [0.717, 1.165) is 0 Å². The smallest absolute Gasteiger partial charge is 0.321 e. The van der Waals surface area contributed by atoms with Gasteiger partial charge in [0.05, 0.1) is 0 Å². The van der Waals surface area contributed by atoms with Crippen molar-refractivity contribution in [2.45, 2.75) is 0 Å². The maximum Gasteiger partial charge on any atom is 0.321 e. The van der Waals surface area contributed by atoms with Crippen molar-refractivity contribution in [3.05, 3.63) is 97.1 Å². The van der Waals surface area contributed by atoms with Gasteiger partial charge in [0.15, 0.2) is 0 Å². The second-order valence-electron chi connectivity index (χ2n) is 5.92. The number of nitrogens with zero attached hydrogens (tertiary/aromatic N) is 3. The van der Waals surface area contributed by atoms with Crippen molar-refractivity contribution < 1.29 is 14.3 Å². The zero-order chi connectivity index (χ0) is 19.9. The first-order chi connectivity index (χ1) is 14.3. The van der Waals surface area contributed by atoms with Crippen molar-refractivity contribution >= 4 is 11.6 Å². The summed E-state index contributed by atoms with van der Waals surface area (Å²) in [6.45, 7) is 0. The molecule has 7 nitrogen and oxygen atoms in total. The van der Waals surface area contributed by atoms with Gasteiger partial charge in [-0.05, 0) is 60.7 Å². The largest absolute Gasteiger partial charge is 0.457 e. The van der Waals surface area contributed by atoms with E-state index in [1.807, 2.05) is 0 Å². The number of anilines is 1. The fourth-order valence-electron chi connectivity index (χ4n) is 2.50. The number of nitrogens with one attached hydrogen (secondary N) is 1. The molecule has 0 aliphatic carbocycles. The molecule has 1 N–H and O–H groups in total. The number of benzene rings is 2. The second-order valence-corrected chi connectivity index (χ2v) is 5.92. The van der Waals surface area contributed by atoms with E-state index < -0.39 is 0 Å². The molecule has 0 aliphatic heterocycles. The molecule has 1 amide bonds. The summed E-state index contributed by atoms with van der Waals surface area (Å²) in [5.74, 6) is 1.54. The van der Waals surface area contributed by atoms with Gasteiger partial charge in [-0.15, -0.1) is 0 Å². The topological polar surface area (TPSA) is 86.2 Å². The lowest BCUT2D eigenvalue weighted by atomic mass is 10.2. The summed E-state index contributed by atoms with van der Waals surface area (Å²) in [5, 5.41) is 2.85. The van der Waals surface area contributed by atoms with Crippen LogP contribution in [0.1, 0.15) is 10.4 Å². The number of pyridine rings is 1. The number of carbonyl (C=O) groups is 1. The van der Waals surface area contributed by atoms with E-state index in [-0.39, 0.29) is 11.9 Å². The van der Waals surface area contributed by atoms with E-state index in [1.165, 1.54) is 0 Å². The summed E-state index contributed by atoms with van der Waals surface area (Å²) in [6, 6.07) is 19.4. The quantitative estimate of drug-likeness (QED) is 0.518. The molecule has 0 unspecified atom stereocenters. The minimum atomic E-state index is -0.245. The maximum absolute atomic E-state index is 12.6. The maximum atomic E-state index is 12.6. The van der Waals surface area contributed by atoms with Gasteiger partial charge in [0.25, 0.3) is 5.91 Å². The second kappa shape index (κ2) is 8.62. The van der Waals surface area contributed by atoms with Crippen LogP contribution < -0.4 is 14.8 Å². The van der Waals surface area contributed by atoms with Gasteiger partial charge in [-0.25, -0.2) is 9.97 Å². The van der Waals surface area contributed by atoms with Gasteiger partial charge in [-0.3, -0.25) is 9.78 Å². The van der Waals surface area contributed by atoms with Crippen LogP contribution in [-0.2, 0) is 0 Å². The molecule has 0 spiro atoms. The number of hydrogen-bond donors (Lipinski definition) is 1. The van der Waals surface area contributed by atoms with Gasteiger partial charge in [0, 0.05) is 36.0 Å². The first kappa shape index (κ1) is 18.1. The third kappa shape index (κ3) is 4.92. The van der Waals surface area contributed by atoms with Gasteiger partial charge in [0.2, 0.25) is 0 Å². The number of ether oxygens (including phenoxy) is 2. The van der Waals surface area contributed by atoms with Gasteiger partial charge in [-0.2, -0.15) is 0 Å². The molecule has 0 saturated heterocycles. The summed E-state index contributed by atoms with van der Waals surface area (Å²) in [6.07, 6.45) is 6.49. The monoisotopic (exact) mass is 384 g/mol. The number of aromatic nitrogens is 3. The highest BCUT2D eigenvalue weighted by atomic mass is 16.5. The Morgan fingerprint density at radius 2 is 1.45 bits per heavy atom. The molecule has 2 aromatic carbocycles. The highest BCUT2D eigenvalue weighted by Gasteiger charge is 2.08. The Morgan fingerprint density at radius 3 is 2.21 bits per heavy atom. The van der Waals surface area contributed by atoms with E-state index in [4.69, 9.17) is 9.47 Å². The molecule has 142 valence electrons. The SMILES string of the molecule is O=C(Nc1ccc(Oc2ncccn2)cc1)c1cccc(Oc2ccncc2)c1. The zero-order valence-corrected chi connectivity index (χ0v) is 15.2. The lowest BCUT2D eigenvalue weighted by Crippen LogP contribution is -2.11. The van der Waals surface area contributed by atoms with E-state index in [1.54, 1.807) is 91.5 Å². The van der Waals surface area contributed by atoms with Crippen LogP contribution in [0.15, 0.2) is 91.5 Å². The van der Waals surface area contributed by atoms with Crippen molar-refractivity contribution in [3.63, 3.8) is 0 Å². The van der Waals surface area contributed by atoms with E-state index in [0.29, 0.717) is 28.5 Å². The highest BCUT2D eigenvalue weighted by molar-refractivity contribution is 6.04. The number of carbonyl (C=O) groups excluding carboxylic acids is 1. The Labute approximate surface area is 167 Å². The standard InChI is InChI=1S/C22H16N4O3/c27-21(16-3-1-4-20(15-16)28-19-9-13-23-14-10-19)26-17-5-7-18(8-6-17)29-22-24-11-2-12-25-22/h1-15H,(H,26,27). The van der Waals surface area contributed by atoms with Crippen LogP contribution in [0.4, 0.5) is 5.69 Å². The van der Waals surface area contributed by atoms with Crippen LogP contribution in [0.3, 0.4) is 0 Å². The molecule has 0 fully saturated rings. The molecule has 0 bridgehead atoms. The van der Waals surface area contributed by atoms with Crippen molar-refractivity contribution in [2.24, 2.45) is 0 Å². The molecule has 7 heteroatoms. The van der Waals surface area contributed by atoms with Gasteiger partial charge in [0.1, 0.15) is 17.2 Å². The molecular weight excluding hydrogens is 368 g/mol. The minimum Gasteiger partial charge on any atom is -0.457 e. The van der Waals surface area contributed by atoms with Gasteiger partial charge in [-0.1, -0.05) is 6.07 Å². The zero-order valence-electron chi connectivity index (χ0n) is 15.2. The fourth-order valence-corrected chi connectivity index (χ4v) is 2.50. The van der Waals surface area contributed by atoms with E-state index in [9.17, 15) is 4.79 Å². The van der Waals surface area contributed by atoms with E-state index in [2.05, 4.69) is 20.3 Å². The van der Waals surface area contributed by atoms with Gasteiger partial charge >= 0.3 is 6.01 Å². The summed E-state index contributed by atoms with van der Waals surface area (Å²) < 4.78 is 11.3. The molecular formula is C22H16N4O3. The Bertz CT molecular complexity index is 1090. The van der Waals surface area contributed by atoms with Crippen molar-refractivity contribution in [1.82, 2.24) is 15.0 Å². The molecule has 29 heavy (non-hydrogen) atoms. The molecule has 0 saturated carbocycles. The predicted octanol–water partition coefficient (Wildman–Crippen LogP) is 4.71. The molecule has 2 heterocycles. The summed E-state index contributed by atoms with van der Waals surface area (Å²) in [5.41, 5.74) is 1.12. The molecule has 0 aliphatic rings. The van der Waals surface area contributed by atoms with Crippen molar-refractivity contribution in [3.8, 4) is 23.3 Å². The Hall–Kier alpha value is -4.26. The Balaban J connectivity index is 1.40. The molecule has 4 rings (SSSR count). The van der Waals surface area contributed by atoms with E-state index >= 15 is 0 Å². The van der Waals surface area contributed by atoms with Crippen LogP contribution in [-0.4, -0.2) is 20.9 Å². The minimum absolute atomic E-state index is 0.245. The first-order valence-electron chi connectivity index (χ1n) is 8.80. The molecule has 0 radical (unpaired) electrons. The third-order valence-electron chi connectivity index (χ3n) is 3.85. The van der Waals surface area contributed by atoms with Crippen LogP contribution in [0, 0.1) is 0 Å². The number of rotatable bonds is 6.